The Morgan fingerprint density at radius 1 is 1.29 bits per heavy atom. The molecule has 0 aromatic heterocycles. The normalized spacial score (nSPS) is 20.8. The second kappa shape index (κ2) is 9.09. The van der Waals surface area contributed by atoms with Gasteiger partial charge in [0, 0.05) is 22.2 Å². The smallest absolute Gasteiger partial charge is 0.331 e. The molecule has 1 aliphatic carbocycles. The molecule has 0 heterocycles. The summed E-state index contributed by atoms with van der Waals surface area (Å²) in [6, 6.07) is 5.14. The Kier molecular flexibility index (Phi) is 7.13. The Morgan fingerprint density at radius 2 is 2.04 bits per heavy atom. The molecule has 0 radical (unpaired) electrons. The fourth-order valence-electron chi connectivity index (χ4n) is 2.76. The lowest BCUT2D eigenvalue weighted by molar-refractivity contribution is -0.144. The van der Waals surface area contributed by atoms with Crippen LogP contribution in [0, 0.1) is 5.92 Å². The maximum atomic E-state index is 11.9. The molecular weight excluding hydrogens is 349 g/mol. The van der Waals surface area contributed by atoms with Crippen LogP contribution in [-0.4, -0.2) is 24.5 Å². The summed E-state index contributed by atoms with van der Waals surface area (Å²) in [7, 11) is 0. The Labute approximate surface area is 152 Å². The molecule has 2 rings (SSSR count). The van der Waals surface area contributed by atoms with Gasteiger partial charge in [0.15, 0.2) is 6.61 Å². The molecule has 0 spiro atoms. The first-order valence-electron chi connectivity index (χ1n) is 8.05. The minimum Gasteiger partial charge on any atom is -0.452 e. The highest BCUT2D eigenvalue weighted by atomic mass is 35.5. The van der Waals surface area contributed by atoms with Crippen molar-refractivity contribution < 1.29 is 14.3 Å². The number of amides is 1. The lowest BCUT2D eigenvalue weighted by atomic mass is 9.86. The molecule has 1 aromatic rings. The van der Waals surface area contributed by atoms with Gasteiger partial charge in [0.1, 0.15) is 0 Å². The summed E-state index contributed by atoms with van der Waals surface area (Å²) in [4.78, 5) is 23.6. The third-order valence-electron chi connectivity index (χ3n) is 4.16. The van der Waals surface area contributed by atoms with Crippen LogP contribution in [0.1, 0.15) is 38.2 Å². The van der Waals surface area contributed by atoms with Gasteiger partial charge in [0.2, 0.25) is 0 Å². The van der Waals surface area contributed by atoms with Gasteiger partial charge in [-0.15, -0.1) is 0 Å². The topological polar surface area (TPSA) is 55.4 Å². The summed E-state index contributed by atoms with van der Waals surface area (Å²) in [5.74, 6) is -0.391. The van der Waals surface area contributed by atoms with E-state index in [4.69, 9.17) is 27.9 Å². The van der Waals surface area contributed by atoms with E-state index >= 15 is 0 Å². The van der Waals surface area contributed by atoms with Crippen molar-refractivity contribution in [3.63, 3.8) is 0 Å². The van der Waals surface area contributed by atoms with Gasteiger partial charge in [-0.1, -0.05) is 49.0 Å². The molecule has 0 aliphatic heterocycles. The van der Waals surface area contributed by atoms with Crippen molar-refractivity contribution in [1.29, 1.82) is 0 Å². The zero-order valence-electron chi connectivity index (χ0n) is 13.6. The van der Waals surface area contributed by atoms with Crippen molar-refractivity contribution in [3.8, 4) is 0 Å². The fourth-order valence-corrected chi connectivity index (χ4v) is 3.23. The number of rotatable bonds is 5. The van der Waals surface area contributed by atoms with Crippen LogP contribution in [0.25, 0.3) is 6.08 Å². The number of hydrogen-bond donors (Lipinski definition) is 1. The highest BCUT2D eigenvalue weighted by Crippen LogP contribution is 2.24. The van der Waals surface area contributed by atoms with Crippen molar-refractivity contribution in [1.82, 2.24) is 5.32 Å². The molecule has 130 valence electrons. The Bertz CT molecular complexity index is 631. The lowest BCUT2D eigenvalue weighted by Gasteiger charge is -2.29. The van der Waals surface area contributed by atoms with Crippen LogP contribution >= 0.6 is 23.2 Å². The van der Waals surface area contributed by atoms with Gasteiger partial charge in [-0.25, -0.2) is 4.79 Å². The van der Waals surface area contributed by atoms with E-state index in [1.807, 2.05) is 0 Å². The molecule has 1 N–H and O–H groups in total. The summed E-state index contributed by atoms with van der Waals surface area (Å²) in [6.07, 6.45) is 7.21. The third-order valence-corrected chi connectivity index (χ3v) is 4.73. The quantitative estimate of drug-likeness (QED) is 0.623. The third kappa shape index (κ3) is 5.84. The number of ether oxygens (including phenoxy) is 1. The van der Waals surface area contributed by atoms with Crippen LogP contribution in [-0.2, 0) is 14.3 Å². The second-order valence-electron chi connectivity index (χ2n) is 6.04. The molecule has 0 bridgehead atoms. The molecular formula is C18H21Cl2NO3. The SMILES string of the molecule is CC1CCCCC1NC(=O)COC(=O)C=Cc1ccc(Cl)cc1Cl. The van der Waals surface area contributed by atoms with E-state index < -0.39 is 5.97 Å². The first kappa shape index (κ1) is 18.8. The van der Waals surface area contributed by atoms with Gasteiger partial charge in [-0.05, 0) is 42.5 Å². The number of esters is 1. The van der Waals surface area contributed by atoms with E-state index in [0.29, 0.717) is 21.5 Å². The molecule has 2 atom stereocenters. The first-order valence-corrected chi connectivity index (χ1v) is 8.80. The van der Waals surface area contributed by atoms with Gasteiger partial charge in [0.25, 0.3) is 5.91 Å². The molecule has 2 unspecified atom stereocenters. The molecule has 4 nitrogen and oxygen atoms in total. The largest absolute Gasteiger partial charge is 0.452 e. The van der Waals surface area contributed by atoms with Crippen LogP contribution in [0.15, 0.2) is 24.3 Å². The van der Waals surface area contributed by atoms with Gasteiger partial charge >= 0.3 is 5.97 Å². The van der Waals surface area contributed by atoms with Crippen LogP contribution in [0.3, 0.4) is 0 Å². The minimum absolute atomic E-state index is 0.174. The van der Waals surface area contributed by atoms with Crippen molar-refractivity contribution in [3.05, 3.63) is 39.9 Å². The van der Waals surface area contributed by atoms with Crippen LogP contribution < -0.4 is 5.32 Å². The van der Waals surface area contributed by atoms with Crippen LogP contribution in [0.2, 0.25) is 10.0 Å². The molecule has 0 saturated heterocycles. The number of carbonyl (C=O) groups is 2. The maximum Gasteiger partial charge on any atom is 0.331 e. The molecule has 1 amide bonds. The zero-order valence-corrected chi connectivity index (χ0v) is 15.1. The highest BCUT2D eigenvalue weighted by Gasteiger charge is 2.22. The Balaban J connectivity index is 1.77. The van der Waals surface area contributed by atoms with E-state index in [2.05, 4.69) is 12.2 Å². The van der Waals surface area contributed by atoms with Gasteiger partial charge in [0.05, 0.1) is 0 Å². The minimum atomic E-state index is -0.590. The summed E-state index contributed by atoms with van der Waals surface area (Å²) in [6.45, 7) is 1.86. The van der Waals surface area contributed by atoms with E-state index in [1.54, 1.807) is 18.2 Å². The van der Waals surface area contributed by atoms with E-state index in [0.717, 1.165) is 19.3 Å². The number of halogens is 2. The van der Waals surface area contributed by atoms with Crippen molar-refractivity contribution in [2.75, 3.05) is 6.61 Å². The fraction of sp³-hybridized carbons (Fsp3) is 0.444. The molecule has 24 heavy (non-hydrogen) atoms. The molecule has 1 saturated carbocycles. The molecule has 1 aliphatic rings. The predicted molar refractivity (Wildman–Crippen MR) is 96.0 cm³/mol. The second-order valence-corrected chi connectivity index (χ2v) is 6.89. The number of carbonyl (C=O) groups excluding carboxylic acids is 2. The highest BCUT2D eigenvalue weighted by molar-refractivity contribution is 6.35. The van der Waals surface area contributed by atoms with E-state index in [-0.39, 0.29) is 18.6 Å². The summed E-state index contributed by atoms with van der Waals surface area (Å²) in [5, 5.41) is 3.90. The van der Waals surface area contributed by atoms with Crippen LogP contribution in [0.4, 0.5) is 0 Å². The number of hydrogen-bond acceptors (Lipinski definition) is 3. The van der Waals surface area contributed by atoms with Crippen molar-refractivity contribution >= 4 is 41.2 Å². The number of benzene rings is 1. The van der Waals surface area contributed by atoms with Gasteiger partial charge in [-0.3, -0.25) is 4.79 Å². The van der Waals surface area contributed by atoms with Crippen molar-refractivity contribution in [2.45, 2.75) is 38.6 Å². The monoisotopic (exact) mass is 369 g/mol. The van der Waals surface area contributed by atoms with Crippen molar-refractivity contribution in [2.24, 2.45) is 5.92 Å². The molecule has 1 fully saturated rings. The number of nitrogens with one attached hydrogen (secondary N) is 1. The molecule has 1 aromatic carbocycles. The summed E-state index contributed by atoms with van der Waals surface area (Å²) in [5.41, 5.74) is 0.651. The lowest BCUT2D eigenvalue weighted by Crippen LogP contribution is -2.42. The zero-order chi connectivity index (χ0) is 17.5. The van der Waals surface area contributed by atoms with Crippen LogP contribution in [0.5, 0.6) is 0 Å². The Hall–Kier alpha value is -1.52. The summed E-state index contributed by atoms with van der Waals surface area (Å²) >= 11 is 11.8. The first-order chi connectivity index (χ1) is 11.5. The van der Waals surface area contributed by atoms with E-state index in [9.17, 15) is 9.59 Å². The Morgan fingerprint density at radius 3 is 2.75 bits per heavy atom. The average molecular weight is 370 g/mol. The van der Waals surface area contributed by atoms with Gasteiger partial charge in [-0.2, -0.15) is 0 Å². The molecule has 6 heteroatoms. The average Bonchev–Trinajstić information content (AvgIpc) is 2.54. The van der Waals surface area contributed by atoms with Gasteiger partial charge < -0.3 is 10.1 Å². The predicted octanol–water partition coefficient (Wildman–Crippen LogP) is 4.24. The summed E-state index contributed by atoms with van der Waals surface area (Å²) < 4.78 is 4.96. The van der Waals surface area contributed by atoms with E-state index in [1.165, 1.54) is 18.6 Å². The standard InChI is InChI=1S/C18H21Cl2NO3/c1-12-4-2-3-5-16(12)21-17(22)11-24-18(23)9-7-13-6-8-14(19)10-15(13)20/h6-10,12,16H,2-5,11H2,1H3,(H,21,22). The maximum absolute atomic E-state index is 11.9.